The van der Waals surface area contributed by atoms with Gasteiger partial charge in [-0.25, -0.2) is 0 Å². The molecule has 4 rings (SSSR count). The molecule has 1 atom stereocenters. The van der Waals surface area contributed by atoms with Crippen LogP contribution >= 0.6 is 0 Å². The van der Waals surface area contributed by atoms with Crippen LogP contribution in [0.3, 0.4) is 0 Å². The normalized spacial score (nSPS) is 22.1. The van der Waals surface area contributed by atoms with Crippen LogP contribution in [0.2, 0.25) is 0 Å². The molecule has 0 heterocycles. The van der Waals surface area contributed by atoms with E-state index in [0.29, 0.717) is 0 Å². The van der Waals surface area contributed by atoms with Crippen molar-refractivity contribution in [2.24, 2.45) is 11.8 Å². The second-order valence-electron chi connectivity index (χ2n) is 12.3. The van der Waals surface area contributed by atoms with E-state index in [2.05, 4.69) is 68.5 Å². The Labute approximate surface area is 229 Å². The Hall–Kier alpha value is -1.82. The minimum Gasteiger partial charge on any atom is -0.0804 e. The van der Waals surface area contributed by atoms with E-state index in [4.69, 9.17) is 0 Å². The molecule has 2 aliphatic rings. The molecule has 2 aliphatic carbocycles. The van der Waals surface area contributed by atoms with E-state index in [1.165, 1.54) is 132 Å². The number of rotatable bonds is 14. The minimum absolute atomic E-state index is 0.779. The third-order valence-electron chi connectivity index (χ3n) is 9.52. The summed E-state index contributed by atoms with van der Waals surface area (Å²) in [5.74, 6) is 2.69. The third kappa shape index (κ3) is 8.87. The lowest BCUT2D eigenvalue weighted by molar-refractivity contribution is 0.302. The van der Waals surface area contributed by atoms with Crippen LogP contribution in [-0.2, 0) is 0 Å². The smallest absolute Gasteiger partial charge is 0.0162 e. The van der Waals surface area contributed by atoms with E-state index in [1.54, 1.807) is 11.1 Å². The van der Waals surface area contributed by atoms with E-state index in [1.807, 2.05) is 0 Å². The lowest BCUT2D eigenvalue weighted by atomic mass is 9.77. The van der Waals surface area contributed by atoms with E-state index in [-0.39, 0.29) is 0 Å². The molecule has 0 N–H and O–H groups in total. The summed E-state index contributed by atoms with van der Waals surface area (Å²) in [6.45, 7) is 4.61. The van der Waals surface area contributed by atoms with Crippen molar-refractivity contribution in [1.29, 1.82) is 0 Å². The molecule has 0 saturated heterocycles. The number of hydrogen-bond donors (Lipinski definition) is 0. The topological polar surface area (TPSA) is 0 Å². The zero-order valence-electron chi connectivity index (χ0n) is 24.2. The Morgan fingerprint density at radius 1 is 0.541 bits per heavy atom. The Morgan fingerprint density at radius 2 is 1.08 bits per heavy atom. The van der Waals surface area contributed by atoms with Crippen LogP contribution in [0.5, 0.6) is 0 Å². The number of benzene rings is 2. The highest BCUT2D eigenvalue weighted by Gasteiger charge is 2.22. The fourth-order valence-electron chi connectivity index (χ4n) is 6.92. The lowest BCUT2D eigenvalue weighted by Gasteiger charge is -2.29. The minimum atomic E-state index is 0.779. The molecule has 0 nitrogen and oxygen atoms in total. The van der Waals surface area contributed by atoms with E-state index < -0.39 is 0 Å². The quantitative estimate of drug-likeness (QED) is 0.227. The fourth-order valence-corrected chi connectivity index (χ4v) is 6.92. The number of hydrogen-bond acceptors (Lipinski definition) is 0. The molecule has 0 aliphatic heterocycles. The summed E-state index contributed by atoms with van der Waals surface area (Å²) < 4.78 is 0. The van der Waals surface area contributed by atoms with Gasteiger partial charge in [-0.15, -0.1) is 0 Å². The van der Waals surface area contributed by atoms with Gasteiger partial charge in [0.1, 0.15) is 0 Å². The first-order chi connectivity index (χ1) is 18.3. The average molecular weight is 499 g/mol. The molecular weight excluding hydrogens is 444 g/mol. The monoisotopic (exact) mass is 498 g/mol. The highest BCUT2D eigenvalue weighted by atomic mass is 14.3. The first kappa shape index (κ1) is 28.2. The first-order valence-electron chi connectivity index (χ1n) is 16.2. The second kappa shape index (κ2) is 15.6. The van der Waals surface area contributed by atoms with E-state index >= 15 is 0 Å². The first-order valence-corrected chi connectivity index (χ1v) is 16.2. The maximum absolute atomic E-state index is 2.54. The van der Waals surface area contributed by atoms with Gasteiger partial charge in [-0.05, 0) is 90.5 Å². The molecule has 37 heavy (non-hydrogen) atoms. The van der Waals surface area contributed by atoms with Crippen LogP contribution in [0.25, 0.3) is 16.7 Å². The molecule has 202 valence electrons. The molecule has 2 aromatic carbocycles. The van der Waals surface area contributed by atoms with Gasteiger partial charge in [-0.1, -0.05) is 139 Å². The summed E-state index contributed by atoms with van der Waals surface area (Å²) in [5, 5.41) is 0. The van der Waals surface area contributed by atoms with Crippen LogP contribution in [0.1, 0.15) is 146 Å². The predicted octanol–water partition coefficient (Wildman–Crippen LogP) is 12.1. The van der Waals surface area contributed by atoms with Crippen LogP contribution in [0, 0.1) is 11.8 Å². The number of unbranched alkanes of at least 4 members (excludes halogenated alkanes) is 7. The zero-order chi connectivity index (χ0) is 25.7. The third-order valence-corrected chi connectivity index (χ3v) is 9.52. The summed E-state index contributed by atoms with van der Waals surface area (Å²) in [5.41, 5.74) is 7.29. The van der Waals surface area contributed by atoms with Crippen LogP contribution in [0.15, 0.2) is 54.6 Å². The molecule has 0 heteroatoms. The van der Waals surface area contributed by atoms with Gasteiger partial charge in [-0.2, -0.15) is 0 Å². The Kier molecular flexibility index (Phi) is 11.9. The SMILES string of the molecule is CCCCCCCC1CCC(c2ccc(-c3ccc(C4=CCC(CCCCCC)CC4)cc3)cc2)CC1. The molecule has 0 amide bonds. The number of allylic oxidation sites excluding steroid dienone is 2. The van der Waals surface area contributed by atoms with Crippen molar-refractivity contribution in [2.45, 2.75) is 135 Å². The fraction of sp³-hybridized carbons (Fsp3) is 0.622. The largest absolute Gasteiger partial charge is 0.0804 e. The van der Waals surface area contributed by atoms with Gasteiger partial charge in [0.15, 0.2) is 0 Å². The molecule has 0 spiro atoms. The molecule has 0 aromatic heterocycles. The summed E-state index contributed by atoms with van der Waals surface area (Å²) in [7, 11) is 0. The van der Waals surface area contributed by atoms with Crippen molar-refractivity contribution in [1.82, 2.24) is 0 Å². The highest BCUT2D eigenvalue weighted by Crippen LogP contribution is 2.39. The zero-order valence-corrected chi connectivity index (χ0v) is 24.2. The van der Waals surface area contributed by atoms with Gasteiger partial charge in [0.05, 0.1) is 0 Å². The Bertz CT molecular complexity index is 908. The molecule has 0 bridgehead atoms. The maximum atomic E-state index is 2.54. The maximum Gasteiger partial charge on any atom is -0.0162 e. The van der Waals surface area contributed by atoms with Gasteiger partial charge in [0.2, 0.25) is 0 Å². The van der Waals surface area contributed by atoms with E-state index in [9.17, 15) is 0 Å². The van der Waals surface area contributed by atoms with Crippen molar-refractivity contribution in [3.05, 3.63) is 65.7 Å². The van der Waals surface area contributed by atoms with Crippen LogP contribution in [0.4, 0.5) is 0 Å². The summed E-state index contributed by atoms with van der Waals surface area (Å²) >= 11 is 0. The highest BCUT2D eigenvalue weighted by molar-refractivity contribution is 5.71. The van der Waals surface area contributed by atoms with Crippen molar-refractivity contribution >= 4 is 5.57 Å². The molecule has 1 fully saturated rings. The average Bonchev–Trinajstić information content (AvgIpc) is 2.96. The Balaban J connectivity index is 1.22. The van der Waals surface area contributed by atoms with Crippen molar-refractivity contribution in [3.8, 4) is 11.1 Å². The van der Waals surface area contributed by atoms with Gasteiger partial charge in [0.25, 0.3) is 0 Å². The van der Waals surface area contributed by atoms with Gasteiger partial charge in [-0.3, -0.25) is 0 Å². The summed E-state index contributed by atoms with van der Waals surface area (Å²) in [6.07, 6.45) is 27.8. The lowest BCUT2D eigenvalue weighted by Crippen LogP contribution is -2.13. The molecular formula is C37H54. The van der Waals surface area contributed by atoms with E-state index in [0.717, 1.165) is 17.8 Å². The van der Waals surface area contributed by atoms with Crippen LogP contribution < -0.4 is 0 Å². The molecule has 2 aromatic rings. The van der Waals surface area contributed by atoms with Crippen LogP contribution in [-0.4, -0.2) is 0 Å². The van der Waals surface area contributed by atoms with Crippen molar-refractivity contribution in [3.63, 3.8) is 0 Å². The molecule has 1 saturated carbocycles. The van der Waals surface area contributed by atoms with Crippen molar-refractivity contribution in [2.75, 3.05) is 0 Å². The van der Waals surface area contributed by atoms with Crippen molar-refractivity contribution < 1.29 is 0 Å². The molecule has 1 unspecified atom stereocenters. The second-order valence-corrected chi connectivity index (χ2v) is 12.3. The van der Waals surface area contributed by atoms with Gasteiger partial charge in [0, 0.05) is 0 Å². The predicted molar refractivity (Wildman–Crippen MR) is 164 cm³/mol. The molecule has 0 radical (unpaired) electrons. The van der Waals surface area contributed by atoms with Gasteiger partial charge < -0.3 is 0 Å². The Morgan fingerprint density at radius 3 is 1.68 bits per heavy atom. The van der Waals surface area contributed by atoms with Gasteiger partial charge >= 0.3 is 0 Å². The summed E-state index contributed by atoms with van der Waals surface area (Å²) in [6, 6.07) is 19.0. The summed E-state index contributed by atoms with van der Waals surface area (Å²) in [4.78, 5) is 0. The standard InChI is InChI=1S/C37H54/c1-3-5-7-9-11-13-31-16-20-33(21-17-31)35-24-28-37(29-25-35)36-26-22-34(23-27-36)32-18-14-30(15-19-32)12-10-8-6-4-2/h18,22-31,33H,3-17,19-21H2,1-2H3.